The minimum Gasteiger partial charge on any atom is -0.744 e. The molecule has 1 heterocycles. The molecule has 0 bridgehead atoms. The lowest BCUT2D eigenvalue weighted by atomic mass is 10.1. The fourth-order valence-electron chi connectivity index (χ4n) is 1.59. The van der Waals surface area contributed by atoms with E-state index in [1.807, 2.05) is 0 Å². The van der Waals surface area contributed by atoms with Crippen LogP contribution in [0.25, 0.3) is 11.3 Å². The summed E-state index contributed by atoms with van der Waals surface area (Å²) in [6, 6.07) is 7.38. The van der Waals surface area contributed by atoms with Crippen LogP contribution >= 0.6 is 0 Å². The molecule has 18 heavy (non-hydrogen) atoms. The van der Waals surface area contributed by atoms with Gasteiger partial charge in [0.2, 0.25) is 0 Å². The van der Waals surface area contributed by atoms with Crippen molar-refractivity contribution in [2.75, 3.05) is 0 Å². The Hall–Kier alpha value is -1.92. The Balaban J connectivity index is 2.57. The van der Waals surface area contributed by atoms with Crippen molar-refractivity contribution in [2.24, 2.45) is 0 Å². The molecule has 0 amide bonds. The lowest BCUT2D eigenvalue weighted by Crippen LogP contribution is -2.01. The zero-order valence-electron chi connectivity index (χ0n) is 9.41. The summed E-state index contributed by atoms with van der Waals surface area (Å²) < 4.78 is 38.3. The van der Waals surface area contributed by atoms with Crippen molar-refractivity contribution in [3.05, 3.63) is 41.7 Å². The van der Waals surface area contributed by atoms with Gasteiger partial charge in [-0.3, -0.25) is 4.79 Å². The Morgan fingerprint density at radius 3 is 2.50 bits per heavy atom. The molecule has 0 saturated carbocycles. The first-order valence-electron chi connectivity index (χ1n) is 5.04. The second-order valence-electron chi connectivity index (χ2n) is 3.75. The predicted octanol–water partition coefficient (Wildman–Crippen LogP) is 1.97. The van der Waals surface area contributed by atoms with E-state index in [1.54, 1.807) is 6.07 Å². The lowest BCUT2D eigenvalue weighted by molar-refractivity contribution is 0.110. The maximum Gasteiger partial charge on any atom is 0.185 e. The fourth-order valence-corrected chi connectivity index (χ4v) is 2.33. The van der Waals surface area contributed by atoms with E-state index in [4.69, 9.17) is 4.42 Å². The first kappa shape index (κ1) is 12.5. The van der Waals surface area contributed by atoms with Crippen molar-refractivity contribution >= 4 is 16.4 Å². The number of carbonyl (C=O) groups excluding carboxylic acids is 1. The number of furan rings is 1. The summed E-state index contributed by atoms with van der Waals surface area (Å²) in [6.45, 7) is 1.54. The summed E-state index contributed by atoms with van der Waals surface area (Å²) in [7, 11) is -4.52. The van der Waals surface area contributed by atoms with Crippen molar-refractivity contribution in [1.82, 2.24) is 0 Å². The van der Waals surface area contributed by atoms with Gasteiger partial charge in [-0.15, -0.1) is 0 Å². The van der Waals surface area contributed by atoms with Crippen LogP contribution < -0.4 is 0 Å². The van der Waals surface area contributed by atoms with Crippen LogP contribution in [0.2, 0.25) is 0 Å². The summed E-state index contributed by atoms with van der Waals surface area (Å²) in [5.41, 5.74) is 0.805. The molecule has 0 spiro atoms. The molecule has 0 atom stereocenters. The largest absolute Gasteiger partial charge is 0.744 e. The van der Waals surface area contributed by atoms with Gasteiger partial charge in [-0.05, 0) is 30.7 Å². The average Bonchev–Trinajstić information content (AvgIpc) is 2.76. The number of carbonyl (C=O) groups is 1. The van der Waals surface area contributed by atoms with Crippen LogP contribution in [0.3, 0.4) is 0 Å². The number of hydrogen-bond donors (Lipinski definition) is 0. The Morgan fingerprint density at radius 2 is 1.94 bits per heavy atom. The third-order valence-corrected chi connectivity index (χ3v) is 3.46. The van der Waals surface area contributed by atoms with E-state index >= 15 is 0 Å². The Morgan fingerprint density at radius 1 is 1.22 bits per heavy atom. The maximum atomic E-state index is 11.1. The number of aryl methyl sites for hydroxylation is 1. The van der Waals surface area contributed by atoms with Gasteiger partial charge in [-0.1, -0.05) is 12.1 Å². The molecular formula is C12H9O5S-. The normalized spacial score (nSPS) is 11.4. The second kappa shape index (κ2) is 4.40. The van der Waals surface area contributed by atoms with Crippen LogP contribution in [-0.4, -0.2) is 19.3 Å². The molecule has 0 radical (unpaired) electrons. The molecule has 5 nitrogen and oxygen atoms in total. The molecule has 2 rings (SSSR count). The van der Waals surface area contributed by atoms with Gasteiger partial charge in [0.25, 0.3) is 0 Å². The van der Waals surface area contributed by atoms with Crippen LogP contribution in [0.5, 0.6) is 0 Å². The molecule has 0 unspecified atom stereocenters. The molecule has 0 fully saturated rings. The predicted molar refractivity (Wildman–Crippen MR) is 62.2 cm³/mol. The van der Waals surface area contributed by atoms with Crippen LogP contribution in [0.1, 0.15) is 16.1 Å². The molecule has 1 aromatic carbocycles. The third-order valence-electron chi connectivity index (χ3n) is 2.48. The second-order valence-corrected chi connectivity index (χ2v) is 5.10. The number of benzene rings is 1. The zero-order chi connectivity index (χ0) is 13.3. The van der Waals surface area contributed by atoms with E-state index in [9.17, 15) is 17.8 Å². The number of aldehydes is 1. The fraction of sp³-hybridized carbons (Fsp3) is 0.0833. The van der Waals surface area contributed by atoms with E-state index in [0.29, 0.717) is 23.2 Å². The van der Waals surface area contributed by atoms with Crippen LogP contribution in [-0.2, 0) is 10.1 Å². The summed E-state index contributed by atoms with van der Waals surface area (Å²) in [5.74, 6) is 0.471. The van der Waals surface area contributed by atoms with E-state index in [2.05, 4.69) is 0 Å². The Labute approximate surface area is 104 Å². The SMILES string of the molecule is Cc1ccc(-c2ccc(C=O)o2)cc1S(=O)(=O)[O-]. The van der Waals surface area contributed by atoms with Crippen LogP contribution in [0.15, 0.2) is 39.6 Å². The highest BCUT2D eigenvalue weighted by Gasteiger charge is 2.10. The first-order valence-corrected chi connectivity index (χ1v) is 6.44. The number of rotatable bonds is 3. The summed E-state index contributed by atoms with van der Waals surface area (Å²) in [6.07, 6.45) is 0.545. The lowest BCUT2D eigenvalue weighted by Gasteiger charge is -2.11. The van der Waals surface area contributed by atoms with Gasteiger partial charge in [0, 0.05) is 5.56 Å². The summed E-state index contributed by atoms with van der Waals surface area (Å²) >= 11 is 0. The molecule has 0 aliphatic rings. The van der Waals surface area contributed by atoms with Crippen molar-refractivity contribution in [3.63, 3.8) is 0 Å². The van der Waals surface area contributed by atoms with Gasteiger partial charge in [0.15, 0.2) is 12.0 Å². The highest BCUT2D eigenvalue weighted by atomic mass is 32.2. The topological polar surface area (TPSA) is 87.4 Å². The highest BCUT2D eigenvalue weighted by Crippen LogP contribution is 2.26. The molecular weight excluding hydrogens is 256 g/mol. The molecule has 1 aromatic heterocycles. The van der Waals surface area contributed by atoms with Crippen LogP contribution in [0.4, 0.5) is 0 Å². The minimum atomic E-state index is -4.52. The molecule has 2 aromatic rings. The average molecular weight is 265 g/mol. The van der Waals surface area contributed by atoms with Gasteiger partial charge < -0.3 is 8.97 Å². The van der Waals surface area contributed by atoms with Gasteiger partial charge in [0.1, 0.15) is 15.9 Å². The monoisotopic (exact) mass is 265 g/mol. The molecule has 0 aliphatic carbocycles. The van der Waals surface area contributed by atoms with Crippen molar-refractivity contribution in [3.8, 4) is 11.3 Å². The Kier molecular flexibility index (Phi) is 3.06. The van der Waals surface area contributed by atoms with Crippen molar-refractivity contribution < 1.29 is 22.2 Å². The summed E-state index contributed by atoms with van der Waals surface area (Å²) in [5, 5.41) is 0. The minimum absolute atomic E-state index is 0.136. The van der Waals surface area contributed by atoms with Gasteiger partial charge in [-0.25, -0.2) is 8.42 Å². The van der Waals surface area contributed by atoms with Gasteiger partial charge in [0.05, 0.1) is 4.90 Å². The van der Waals surface area contributed by atoms with Crippen molar-refractivity contribution in [2.45, 2.75) is 11.8 Å². The van der Waals surface area contributed by atoms with Crippen LogP contribution in [0, 0.1) is 6.92 Å². The van der Waals surface area contributed by atoms with Crippen molar-refractivity contribution in [1.29, 1.82) is 0 Å². The maximum absolute atomic E-state index is 11.1. The van der Waals surface area contributed by atoms with E-state index in [1.165, 1.54) is 31.2 Å². The van der Waals surface area contributed by atoms with Gasteiger partial charge in [-0.2, -0.15) is 0 Å². The number of hydrogen-bond acceptors (Lipinski definition) is 5. The molecule has 0 N–H and O–H groups in total. The quantitative estimate of drug-likeness (QED) is 0.625. The summed E-state index contributed by atoms with van der Waals surface area (Å²) in [4.78, 5) is 10.2. The molecule has 0 aliphatic heterocycles. The van der Waals surface area contributed by atoms with E-state index in [-0.39, 0.29) is 10.7 Å². The Bertz CT molecular complexity index is 697. The zero-order valence-corrected chi connectivity index (χ0v) is 10.2. The highest BCUT2D eigenvalue weighted by molar-refractivity contribution is 7.85. The van der Waals surface area contributed by atoms with E-state index in [0.717, 1.165) is 0 Å². The smallest absolute Gasteiger partial charge is 0.185 e. The molecule has 6 heteroatoms. The molecule has 0 saturated heterocycles. The van der Waals surface area contributed by atoms with E-state index < -0.39 is 10.1 Å². The molecule has 94 valence electrons. The first-order chi connectivity index (χ1) is 8.41. The van der Waals surface area contributed by atoms with Gasteiger partial charge >= 0.3 is 0 Å². The third kappa shape index (κ3) is 2.34. The standard InChI is InChI=1S/C12H10O5S/c1-8-2-3-9(6-12(8)18(14,15)16)11-5-4-10(7-13)17-11/h2-7H,1H3,(H,14,15,16)/p-1.